The van der Waals surface area contributed by atoms with Gasteiger partial charge in [0.2, 0.25) is 0 Å². The van der Waals surface area contributed by atoms with Gasteiger partial charge in [0.05, 0.1) is 51.2 Å². The Morgan fingerprint density at radius 3 is 0.974 bits per heavy atom. The first kappa shape index (κ1) is 75.6. The molecule has 0 spiro atoms. The van der Waals surface area contributed by atoms with Gasteiger partial charge in [-0.15, -0.1) is 48.0 Å². The van der Waals surface area contributed by atoms with Gasteiger partial charge >= 0.3 is 0 Å². The van der Waals surface area contributed by atoms with E-state index in [4.69, 9.17) is 8.75 Å². The van der Waals surface area contributed by atoms with E-state index in [1.807, 2.05) is 18.2 Å². The first-order valence-electron chi connectivity index (χ1n) is 38.3. The molecule has 0 saturated carbocycles. The van der Waals surface area contributed by atoms with Crippen LogP contribution in [0.2, 0.25) is 0 Å². The standard InChI is InChI=1S/C52H34N4S.C28H16BrN3S.C24H19N.2HI/c1-3-11-35(12-4-1)37-19-26-41(27-20-37)55(42-28-21-38(22-29-42)36-13-5-2-6-14-36)49-34-32-45(51-52(49)54-57-53-51)40-23-30-43(31-24-40)56-47-18-10-9-17-46(47)50-44-16-8-7-15-39(44)25-33-48(50)56;29-23-15-14-21(27-28(23)31-33-30-27)18-9-12-19(13-10-18)32-24-8-4-3-7-22(24)26-20-6-2-1-5-17(20)11-16-25(26)32;1-3-7-19(8-4-1)21-11-15-23(16-12-21)25-24-17-13-22(14-18-24)20-9-5-2-6-10-20;;/h1-34H;1-16H;1-18,25H;2*1H. The topological polar surface area (TPSA) is 76.7 Å². The zero-order valence-corrected chi connectivity index (χ0v) is 70.8. The van der Waals surface area contributed by atoms with Crippen LogP contribution in [-0.2, 0) is 0 Å². The molecule has 0 aliphatic rings. The third-order valence-electron chi connectivity index (χ3n) is 21.7. The number of hydrogen-bond donors (Lipinski definition) is 1. The molecule has 13 heteroatoms. The van der Waals surface area contributed by atoms with Crippen LogP contribution in [0.3, 0.4) is 0 Å². The third-order valence-corrected chi connectivity index (χ3v) is 23.4. The Bertz CT molecular complexity index is 7110. The molecular weight excluding hydrogens is 1760 g/mol. The van der Waals surface area contributed by atoms with Crippen LogP contribution in [-0.4, -0.2) is 26.6 Å². The molecule has 0 aliphatic heterocycles. The van der Waals surface area contributed by atoms with Crippen molar-refractivity contribution in [3.05, 3.63) is 417 Å². The number of nitrogens with zero attached hydrogens (tertiary/aromatic N) is 7. The largest absolute Gasteiger partial charge is 0.356 e. The van der Waals surface area contributed by atoms with Crippen LogP contribution in [0, 0.1) is 0 Å². The second-order valence-corrected chi connectivity index (χ2v) is 30.4. The minimum absolute atomic E-state index is 0. The molecule has 18 aromatic carbocycles. The van der Waals surface area contributed by atoms with Crippen molar-refractivity contribution >= 4 is 203 Å². The summed E-state index contributed by atoms with van der Waals surface area (Å²) in [7, 11) is 0. The Morgan fingerprint density at radius 2 is 0.564 bits per heavy atom. The minimum Gasteiger partial charge on any atom is -0.356 e. The number of fused-ring (bicyclic) bond motifs is 12. The maximum atomic E-state index is 4.94. The van der Waals surface area contributed by atoms with Gasteiger partial charge in [0.15, 0.2) is 0 Å². The smallest absolute Gasteiger partial charge is 0.129 e. The van der Waals surface area contributed by atoms with Crippen LogP contribution in [0.25, 0.3) is 165 Å². The van der Waals surface area contributed by atoms with E-state index in [1.165, 1.54) is 133 Å². The summed E-state index contributed by atoms with van der Waals surface area (Å²) in [6, 6.07) is 146. The molecular formula is C104H71BrI2N8S2. The molecule has 0 amide bonds. The lowest BCUT2D eigenvalue weighted by Crippen LogP contribution is -2.10. The van der Waals surface area contributed by atoms with Crippen molar-refractivity contribution in [2.24, 2.45) is 0 Å². The van der Waals surface area contributed by atoms with Crippen molar-refractivity contribution in [3.8, 4) is 78.1 Å². The van der Waals surface area contributed by atoms with Crippen LogP contribution < -0.4 is 10.2 Å². The van der Waals surface area contributed by atoms with Crippen LogP contribution in [0.15, 0.2) is 417 Å². The molecule has 0 atom stereocenters. The van der Waals surface area contributed by atoms with Gasteiger partial charge in [0.1, 0.15) is 22.1 Å². The summed E-state index contributed by atoms with van der Waals surface area (Å²) in [6.45, 7) is 0. The first-order chi connectivity index (χ1) is 57.0. The zero-order valence-electron chi connectivity index (χ0n) is 62.9. The first-order valence-corrected chi connectivity index (χ1v) is 40.6. The Balaban J connectivity index is 0.000000133. The van der Waals surface area contributed by atoms with Crippen molar-refractivity contribution in [1.82, 2.24) is 26.6 Å². The average molecular weight is 1830 g/mol. The van der Waals surface area contributed by atoms with Gasteiger partial charge in [-0.1, -0.05) is 297 Å². The Labute approximate surface area is 728 Å². The van der Waals surface area contributed by atoms with Crippen molar-refractivity contribution in [3.63, 3.8) is 0 Å². The molecule has 0 saturated heterocycles. The molecule has 8 nitrogen and oxygen atoms in total. The van der Waals surface area contributed by atoms with E-state index in [0.717, 1.165) is 88.6 Å². The quantitative estimate of drug-likeness (QED) is 0.116. The highest BCUT2D eigenvalue weighted by Crippen LogP contribution is 2.45. The van der Waals surface area contributed by atoms with Crippen LogP contribution in [0.4, 0.5) is 28.4 Å². The second-order valence-electron chi connectivity index (χ2n) is 28.5. The van der Waals surface area contributed by atoms with Gasteiger partial charge in [-0.3, -0.25) is 0 Å². The molecule has 22 aromatic rings. The average Bonchev–Trinajstić information content (AvgIpc) is 1.60. The Kier molecular flexibility index (Phi) is 21.7. The summed E-state index contributed by atoms with van der Waals surface area (Å²) in [6.07, 6.45) is 0. The Hall–Kier alpha value is -12.7. The maximum Gasteiger partial charge on any atom is 0.129 e. The van der Waals surface area contributed by atoms with E-state index in [-0.39, 0.29) is 48.0 Å². The van der Waals surface area contributed by atoms with E-state index in [9.17, 15) is 0 Å². The molecule has 117 heavy (non-hydrogen) atoms. The minimum atomic E-state index is 0. The number of para-hydroxylation sites is 2. The van der Waals surface area contributed by atoms with E-state index < -0.39 is 0 Å². The summed E-state index contributed by atoms with van der Waals surface area (Å²) >= 11 is 6.09. The third kappa shape index (κ3) is 14.8. The van der Waals surface area contributed by atoms with Gasteiger partial charge in [-0.2, -0.15) is 17.5 Å². The molecule has 0 radical (unpaired) electrons. The number of benzene rings is 18. The lowest BCUT2D eigenvalue weighted by Gasteiger charge is -2.26. The number of aromatic nitrogens is 6. The van der Waals surface area contributed by atoms with Crippen LogP contribution >= 0.6 is 87.3 Å². The molecule has 4 heterocycles. The van der Waals surface area contributed by atoms with Crippen molar-refractivity contribution in [2.45, 2.75) is 0 Å². The van der Waals surface area contributed by atoms with Gasteiger partial charge in [0.25, 0.3) is 0 Å². The fourth-order valence-corrected chi connectivity index (χ4v) is 17.8. The Morgan fingerprint density at radius 1 is 0.248 bits per heavy atom. The van der Waals surface area contributed by atoms with E-state index in [1.54, 1.807) is 0 Å². The zero-order chi connectivity index (χ0) is 76.5. The maximum absolute atomic E-state index is 4.94. The number of hydrogen-bond acceptors (Lipinski definition) is 8. The van der Waals surface area contributed by atoms with Crippen molar-refractivity contribution in [1.29, 1.82) is 0 Å². The summed E-state index contributed by atoms with van der Waals surface area (Å²) in [5.41, 5.74) is 30.0. The van der Waals surface area contributed by atoms with Crippen molar-refractivity contribution in [2.75, 3.05) is 10.2 Å². The number of anilines is 5. The van der Waals surface area contributed by atoms with Gasteiger partial charge in [-0.25, -0.2) is 0 Å². The fraction of sp³-hybridized carbons (Fsp3) is 0. The number of nitrogens with one attached hydrogen (secondary N) is 1. The summed E-state index contributed by atoms with van der Waals surface area (Å²) in [5, 5.41) is 13.7. The fourth-order valence-electron chi connectivity index (χ4n) is 16.2. The molecule has 22 rings (SSSR count). The highest BCUT2D eigenvalue weighted by Gasteiger charge is 2.23. The summed E-state index contributed by atoms with van der Waals surface area (Å²) in [5.74, 6) is 0. The number of rotatable bonds is 13. The molecule has 0 aliphatic carbocycles. The molecule has 0 unspecified atom stereocenters. The van der Waals surface area contributed by atoms with E-state index >= 15 is 0 Å². The van der Waals surface area contributed by atoms with Crippen LogP contribution in [0.1, 0.15) is 0 Å². The predicted octanol–water partition coefficient (Wildman–Crippen LogP) is 30.8. The molecule has 560 valence electrons. The van der Waals surface area contributed by atoms with E-state index in [0.29, 0.717) is 0 Å². The molecule has 0 bridgehead atoms. The predicted molar refractivity (Wildman–Crippen MR) is 521 cm³/mol. The summed E-state index contributed by atoms with van der Waals surface area (Å²) in [4.78, 5) is 2.30. The molecule has 0 fully saturated rings. The number of halogens is 3. The van der Waals surface area contributed by atoms with Crippen molar-refractivity contribution < 1.29 is 0 Å². The second kappa shape index (κ2) is 33.6. The summed E-state index contributed by atoms with van der Waals surface area (Å²) < 4.78 is 24.6. The van der Waals surface area contributed by atoms with Gasteiger partial charge in [0, 0.05) is 71.3 Å². The van der Waals surface area contributed by atoms with Gasteiger partial charge in [-0.05, 0) is 208 Å². The highest BCUT2D eigenvalue weighted by molar-refractivity contribution is 14.0. The van der Waals surface area contributed by atoms with Gasteiger partial charge < -0.3 is 19.4 Å². The normalized spacial score (nSPS) is 11.2. The van der Waals surface area contributed by atoms with Crippen LogP contribution in [0.5, 0.6) is 0 Å². The lowest BCUT2D eigenvalue weighted by atomic mass is 10.0. The molecule has 1 N–H and O–H groups in total. The van der Waals surface area contributed by atoms with E-state index in [2.05, 4.69) is 438 Å². The lowest BCUT2D eigenvalue weighted by molar-refractivity contribution is 1.18. The monoisotopic (exact) mass is 1830 g/mol. The SMILES string of the molecule is Brc1ccc(-c2ccc(-n3c4ccccc4c4c5ccccc5ccc43)cc2)c2nsnc12.I.I.c1ccc(-c2ccc(N(c3ccc(-c4ccccc4)cc3)c3ccc(-c4ccc(-n5c6ccccc6c6c7ccccc7ccc65)cc4)c4nsnc34)cc2)cc1.c1ccc(-c2ccc(Nc3ccc(-c4ccccc4)cc3)cc2)cc1. The highest BCUT2D eigenvalue weighted by atomic mass is 127. The molecule has 4 aromatic heterocycles.